The van der Waals surface area contributed by atoms with E-state index in [9.17, 15) is 10.1 Å². The van der Waals surface area contributed by atoms with Gasteiger partial charge in [0.15, 0.2) is 0 Å². The molecule has 0 spiro atoms. The van der Waals surface area contributed by atoms with Crippen molar-refractivity contribution in [1.29, 1.82) is 0 Å². The second kappa shape index (κ2) is 5.62. The van der Waals surface area contributed by atoms with Gasteiger partial charge < -0.3 is 0 Å². The molecule has 0 bridgehead atoms. The van der Waals surface area contributed by atoms with E-state index in [1.165, 1.54) is 0 Å². The summed E-state index contributed by atoms with van der Waals surface area (Å²) in [5.41, 5.74) is 0. The van der Waals surface area contributed by atoms with E-state index in [4.69, 9.17) is 3.17 Å². The molecule has 0 unspecified atom stereocenters. The normalized spacial score (nSPS) is 10.7. The van der Waals surface area contributed by atoms with Gasteiger partial charge >= 0.3 is 106 Å². The summed E-state index contributed by atoms with van der Waals surface area (Å²) in [5.74, 6) is 0. The van der Waals surface area contributed by atoms with Gasteiger partial charge in [-0.25, -0.2) is 0 Å². The molecule has 0 atom stereocenters. The number of hydrogen-bond acceptors (Lipinski definition) is 3. The second-order valence-corrected chi connectivity index (χ2v) is 7.44. The zero-order chi connectivity index (χ0) is 12.1. The number of benzene rings is 2. The van der Waals surface area contributed by atoms with Gasteiger partial charge in [-0.2, -0.15) is 0 Å². The average molecular weight is 343 g/mol. The Morgan fingerprint density at radius 1 is 0.882 bits per heavy atom. The van der Waals surface area contributed by atoms with Crippen molar-refractivity contribution in [3.63, 3.8) is 0 Å². The third-order valence-electron chi connectivity index (χ3n) is 1.99. The van der Waals surface area contributed by atoms with Crippen LogP contribution in [0.4, 0.5) is 0 Å². The fourth-order valence-corrected chi connectivity index (χ4v) is 4.95. The van der Waals surface area contributed by atoms with Crippen molar-refractivity contribution >= 4 is 20.2 Å². The van der Waals surface area contributed by atoms with E-state index in [1.54, 1.807) is 0 Å². The summed E-state index contributed by atoms with van der Waals surface area (Å²) in [6, 6.07) is 18.7. The number of nitrogens with zero attached hydrogens (tertiary/aromatic N) is 1. The summed E-state index contributed by atoms with van der Waals surface area (Å²) in [6.45, 7) is 0. The van der Waals surface area contributed by atoms with Crippen LogP contribution in [0.3, 0.4) is 0 Å². The zero-order valence-electron chi connectivity index (χ0n) is 8.82. The molecular formula is C12H10INO3. The molecule has 0 aromatic heterocycles. The Labute approximate surface area is 106 Å². The van der Waals surface area contributed by atoms with E-state index in [0.717, 1.165) is 7.14 Å². The molecule has 0 radical (unpaired) electrons. The van der Waals surface area contributed by atoms with Crippen LogP contribution in [0.5, 0.6) is 0 Å². The maximum atomic E-state index is 10.6. The average Bonchev–Trinajstić information content (AvgIpc) is 2.38. The zero-order valence-corrected chi connectivity index (χ0v) is 11.0. The molecule has 0 N–H and O–H groups in total. The molecule has 5 heteroatoms. The minimum atomic E-state index is -2.40. The topological polar surface area (TPSA) is 52.4 Å². The Balaban J connectivity index is 2.36. The van der Waals surface area contributed by atoms with Crippen LogP contribution >= 0.6 is 20.2 Å². The van der Waals surface area contributed by atoms with E-state index in [-0.39, 0.29) is 0 Å². The molecule has 0 aliphatic rings. The van der Waals surface area contributed by atoms with Gasteiger partial charge in [-0.15, -0.1) is 0 Å². The summed E-state index contributed by atoms with van der Waals surface area (Å²) < 4.78 is 6.73. The van der Waals surface area contributed by atoms with Gasteiger partial charge in [0.25, 0.3) is 0 Å². The molecule has 2 aromatic carbocycles. The summed E-state index contributed by atoms with van der Waals surface area (Å²) in [5, 5.41) is 9.89. The molecular weight excluding hydrogens is 333 g/mol. The summed E-state index contributed by atoms with van der Waals surface area (Å²) in [4.78, 5) is 10.6. The Morgan fingerprint density at radius 3 is 1.65 bits per heavy atom. The monoisotopic (exact) mass is 343 g/mol. The van der Waals surface area contributed by atoms with Crippen molar-refractivity contribution < 1.29 is 8.25 Å². The maximum absolute atomic E-state index is 10.6. The minimum absolute atomic E-state index is 0.690. The van der Waals surface area contributed by atoms with Crippen LogP contribution in [-0.4, -0.2) is 5.09 Å². The fourth-order valence-electron chi connectivity index (χ4n) is 1.32. The van der Waals surface area contributed by atoms with Gasteiger partial charge in [-0.05, 0) is 0 Å². The molecule has 0 saturated carbocycles. The third kappa shape index (κ3) is 3.16. The molecule has 0 heterocycles. The van der Waals surface area contributed by atoms with Crippen molar-refractivity contribution in [2.24, 2.45) is 0 Å². The summed E-state index contributed by atoms with van der Waals surface area (Å²) in [7, 11) is 0. The van der Waals surface area contributed by atoms with Crippen LogP contribution in [0.15, 0.2) is 60.7 Å². The van der Waals surface area contributed by atoms with E-state index in [2.05, 4.69) is 0 Å². The molecule has 0 saturated heterocycles. The molecule has 2 rings (SSSR count). The third-order valence-corrected chi connectivity index (χ3v) is 6.40. The van der Waals surface area contributed by atoms with Crippen LogP contribution in [0.2, 0.25) is 0 Å². The molecule has 0 aliphatic carbocycles. The first-order chi connectivity index (χ1) is 8.27. The van der Waals surface area contributed by atoms with E-state index in [0.29, 0.717) is 0 Å². The quantitative estimate of drug-likeness (QED) is 0.486. The molecule has 0 aliphatic heterocycles. The molecule has 2 aromatic rings. The SMILES string of the molecule is O=[N+]([O-])OI(c1ccccc1)c1ccccc1. The van der Waals surface area contributed by atoms with Crippen molar-refractivity contribution in [2.75, 3.05) is 0 Å². The van der Waals surface area contributed by atoms with Crippen molar-refractivity contribution in [3.8, 4) is 0 Å². The van der Waals surface area contributed by atoms with Crippen LogP contribution < -0.4 is 0 Å². The standard InChI is InChI=1S/C12H10INO3/c15-14(16)17-13(11-7-3-1-4-8-11)12-9-5-2-6-10-12/h1-10H. The van der Waals surface area contributed by atoms with Crippen molar-refractivity contribution in [2.45, 2.75) is 0 Å². The first kappa shape index (κ1) is 11.8. The van der Waals surface area contributed by atoms with Gasteiger partial charge in [0.2, 0.25) is 0 Å². The first-order valence-electron chi connectivity index (χ1n) is 4.90. The number of halogens is 1. The van der Waals surface area contributed by atoms with E-state index in [1.807, 2.05) is 60.7 Å². The van der Waals surface area contributed by atoms with Crippen LogP contribution in [0, 0.1) is 17.3 Å². The Bertz CT molecular complexity index is 450. The van der Waals surface area contributed by atoms with Gasteiger partial charge in [0.05, 0.1) is 0 Å². The summed E-state index contributed by atoms with van der Waals surface area (Å²) in [6.07, 6.45) is 0. The van der Waals surface area contributed by atoms with Gasteiger partial charge in [-0.3, -0.25) is 0 Å². The molecule has 0 fully saturated rings. The Kier molecular flexibility index (Phi) is 3.92. The molecule has 17 heavy (non-hydrogen) atoms. The van der Waals surface area contributed by atoms with Crippen molar-refractivity contribution in [3.05, 3.63) is 77.9 Å². The van der Waals surface area contributed by atoms with E-state index >= 15 is 0 Å². The van der Waals surface area contributed by atoms with Gasteiger partial charge in [0, 0.05) is 0 Å². The molecule has 0 amide bonds. The van der Waals surface area contributed by atoms with Gasteiger partial charge in [-0.1, -0.05) is 0 Å². The number of hydrogen-bond donors (Lipinski definition) is 0. The second-order valence-electron chi connectivity index (χ2n) is 3.13. The predicted molar refractivity (Wildman–Crippen MR) is 72.4 cm³/mol. The van der Waals surface area contributed by atoms with Crippen molar-refractivity contribution in [1.82, 2.24) is 0 Å². The fraction of sp³-hybridized carbons (Fsp3) is 0. The number of rotatable bonds is 4. The van der Waals surface area contributed by atoms with Crippen LogP contribution in [0.25, 0.3) is 0 Å². The van der Waals surface area contributed by atoms with Crippen LogP contribution in [0.1, 0.15) is 0 Å². The molecule has 88 valence electrons. The van der Waals surface area contributed by atoms with Crippen LogP contribution in [-0.2, 0) is 3.17 Å². The Hall–Kier alpha value is -1.63. The van der Waals surface area contributed by atoms with Gasteiger partial charge in [0.1, 0.15) is 0 Å². The van der Waals surface area contributed by atoms with E-state index < -0.39 is 25.3 Å². The predicted octanol–water partition coefficient (Wildman–Crippen LogP) is 3.36. The summed E-state index contributed by atoms with van der Waals surface area (Å²) >= 11 is -2.40. The first-order valence-corrected chi connectivity index (χ1v) is 7.94. The molecule has 4 nitrogen and oxygen atoms in total. The Morgan fingerprint density at radius 2 is 1.29 bits per heavy atom.